The van der Waals surface area contributed by atoms with Crippen LogP contribution in [0.1, 0.15) is 45.7 Å². The smallest absolute Gasteiger partial charge is 0.339 e. The van der Waals surface area contributed by atoms with Crippen molar-refractivity contribution in [1.82, 2.24) is 0 Å². The number of rotatable bonds is 3. The normalized spacial score (nSPS) is 23.0. The summed E-state index contributed by atoms with van der Waals surface area (Å²) in [5, 5.41) is 10.1. The fourth-order valence-electron chi connectivity index (χ4n) is 5.12. The third kappa shape index (κ3) is 2.48. The summed E-state index contributed by atoms with van der Waals surface area (Å²) in [7, 11) is 1.52. The van der Waals surface area contributed by atoms with E-state index in [1.54, 1.807) is 24.8 Å². The lowest BCUT2D eigenvalue weighted by atomic mass is 9.68. The number of benzene rings is 1. The van der Waals surface area contributed by atoms with E-state index >= 15 is 0 Å². The summed E-state index contributed by atoms with van der Waals surface area (Å²) in [4.78, 5) is 29.2. The number of anilines is 1. The molecule has 0 bridgehead atoms. The third-order valence-corrected chi connectivity index (χ3v) is 6.24. The minimum Gasteiger partial charge on any atom is -0.497 e. The van der Waals surface area contributed by atoms with Crippen molar-refractivity contribution >= 4 is 23.1 Å². The maximum absolute atomic E-state index is 14.4. The summed E-state index contributed by atoms with van der Waals surface area (Å²) in [6.45, 7) is 9.07. The second kappa shape index (κ2) is 6.89. The van der Waals surface area contributed by atoms with Crippen molar-refractivity contribution < 1.29 is 23.8 Å². The van der Waals surface area contributed by atoms with Gasteiger partial charge in [0.05, 0.1) is 24.9 Å². The molecule has 0 saturated heterocycles. The maximum Gasteiger partial charge on any atom is 0.339 e. The number of esters is 1. The molecule has 1 atom stereocenters. The quantitative estimate of drug-likeness (QED) is 0.726. The van der Waals surface area contributed by atoms with Gasteiger partial charge in [-0.2, -0.15) is 5.26 Å². The van der Waals surface area contributed by atoms with Gasteiger partial charge in [-0.1, -0.05) is 6.08 Å². The summed E-state index contributed by atoms with van der Waals surface area (Å²) in [6.07, 6.45) is 1.98. The molecule has 2 N–H and O–H groups in total. The van der Waals surface area contributed by atoms with Gasteiger partial charge in [0.25, 0.3) is 0 Å². The van der Waals surface area contributed by atoms with Crippen LogP contribution in [-0.2, 0) is 24.5 Å². The topological polar surface area (TPSA) is 115 Å². The van der Waals surface area contributed by atoms with Crippen LogP contribution < -0.4 is 15.4 Å². The highest BCUT2D eigenvalue weighted by atomic mass is 16.5. The van der Waals surface area contributed by atoms with Gasteiger partial charge in [-0.25, -0.2) is 4.79 Å². The van der Waals surface area contributed by atoms with Crippen LogP contribution in [0.25, 0.3) is 5.57 Å². The van der Waals surface area contributed by atoms with Crippen molar-refractivity contribution in [2.45, 2.75) is 45.6 Å². The zero-order valence-corrected chi connectivity index (χ0v) is 19.0. The molecule has 0 fully saturated rings. The zero-order chi connectivity index (χ0) is 23.6. The first-order valence-corrected chi connectivity index (χ1v) is 10.3. The van der Waals surface area contributed by atoms with Crippen molar-refractivity contribution in [3.63, 3.8) is 0 Å². The van der Waals surface area contributed by atoms with Crippen LogP contribution in [-0.4, -0.2) is 31.1 Å². The predicted molar refractivity (Wildman–Crippen MR) is 117 cm³/mol. The second-order valence-corrected chi connectivity index (χ2v) is 8.55. The maximum atomic E-state index is 14.4. The fraction of sp³-hybridized carbons (Fsp3) is 0.375. The molecule has 0 aliphatic carbocycles. The number of carbonyl (C=O) groups is 2. The number of ether oxygens (including phenoxy) is 3. The van der Waals surface area contributed by atoms with Gasteiger partial charge in [0.2, 0.25) is 11.8 Å². The van der Waals surface area contributed by atoms with Crippen LogP contribution >= 0.6 is 0 Å². The lowest BCUT2D eigenvalue weighted by molar-refractivity contribution is -0.141. The minimum atomic E-state index is -1.80. The molecule has 3 aliphatic rings. The van der Waals surface area contributed by atoms with E-state index in [9.17, 15) is 14.9 Å². The van der Waals surface area contributed by atoms with Crippen molar-refractivity contribution in [1.29, 1.82) is 5.26 Å². The van der Waals surface area contributed by atoms with Gasteiger partial charge < -0.3 is 24.8 Å². The van der Waals surface area contributed by atoms with Crippen LogP contribution in [0.3, 0.4) is 0 Å². The Bertz CT molecular complexity index is 1210. The van der Waals surface area contributed by atoms with Gasteiger partial charge in [0, 0.05) is 11.1 Å². The van der Waals surface area contributed by atoms with Gasteiger partial charge in [0.15, 0.2) is 5.41 Å². The van der Waals surface area contributed by atoms with Gasteiger partial charge in [-0.3, -0.25) is 4.79 Å². The zero-order valence-electron chi connectivity index (χ0n) is 19.0. The van der Waals surface area contributed by atoms with Crippen molar-refractivity contribution in [2.75, 3.05) is 18.6 Å². The van der Waals surface area contributed by atoms with Crippen molar-refractivity contribution in [3.8, 4) is 11.8 Å². The molecule has 3 heterocycles. The lowest BCUT2D eigenvalue weighted by Gasteiger charge is -2.40. The number of hydrogen-bond donors (Lipinski definition) is 1. The molecule has 0 unspecified atom stereocenters. The molecule has 8 heteroatoms. The molecular weight excluding hydrogens is 410 g/mol. The SMILES string of the molecule is CCOC(=O)C1=C(C)OC(N)=C(C#N)[C@]12C(=O)N1c3c(cc(OC)cc32)C(C)=CC1(C)C. The Morgan fingerprint density at radius 3 is 2.59 bits per heavy atom. The van der Waals surface area contributed by atoms with Gasteiger partial charge >= 0.3 is 5.97 Å². The van der Waals surface area contributed by atoms with Gasteiger partial charge in [0.1, 0.15) is 28.7 Å². The summed E-state index contributed by atoms with van der Waals surface area (Å²) in [5.74, 6) is -0.806. The number of nitrogens with zero attached hydrogens (tertiary/aromatic N) is 2. The fourth-order valence-corrected chi connectivity index (χ4v) is 5.12. The highest BCUT2D eigenvalue weighted by molar-refractivity contribution is 6.21. The number of nitriles is 1. The molecule has 32 heavy (non-hydrogen) atoms. The predicted octanol–water partition coefficient (Wildman–Crippen LogP) is 3.04. The van der Waals surface area contributed by atoms with Crippen LogP contribution in [0.2, 0.25) is 0 Å². The Morgan fingerprint density at radius 2 is 2.00 bits per heavy atom. The molecule has 1 aromatic carbocycles. The number of hydrogen-bond acceptors (Lipinski definition) is 7. The van der Waals surface area contributed by atoms with Gasteiger partial charge in [-0.05, 0) is 52.3 Å². The van der Waals surface area contributed by atoms with E-state index in [1.165, 1.54) is 7.11 Å². The van der Waals surface area contributed by atoms with Gasteiger partial charge in [-0.15, -0.1) is 0 Å². The molecule has 4 rings (SSSR count). The molecule has 0 saturated carbocycles. The highest BCUT2D eigenvalue weighted by Crippen LogP contribution is 2.59. The Kier molecular flexibility index (Phi) is 4.63. The Balaban J connectivity index is 2.21. The van der Waals surface area contributed by atoms with Crippen molar-refractivity contribution in [2.24, 2.45) is 5.73 Å². The van der Waals surface area contributed by atoms with E-state index in [4.69, 9.17) is 19.9 Å². The average molecular weight is 435 g/mol. The van der Waals surface area contributed by atoms with Crippen molar-refractivity contribution in [3.05, 3.63) is 52.1 Å². The first kappa shape index (κ1) is 21.5. The number of allylic oxidation sites excluding steroid dienone is 2. The summed E-state index contributed by atoms with van der Waals surface area (Å²) >= 11 is 0. The number of nitrogens with two attached hydrogens (primary N) is 1. The molecule has 0 radical (unpaired) electrons. The van der Waals surface area contributed by atoms with E-state index < -0.39 is 22.8 Å². The average Bonchev–Trinajstić information content (AvgIpc) is 2.96. The largest absolute Gasteiger partial charge is 0.497 e. The number of amides is 1. The first-order valence-electron chi connectivity index (χ1n) is 10.3. The summed E-state index contributed by atoms with van der Waals surface area (Å²) in [6, 6.07) is 5.58. The molecule has 166 valence electrons. The summed E-state index contributed by atoms with van der Waals surface area (Å²) in [5.41, 5.74) is 6.22. The first-order chi connectivity index (χ1) is 15.1. The molecule has 1 aromatic rings. The number of methoxy groups -OCH3 is 1. The van der Waals surface area contributed by atoms with Crippen LogP contribution in [0.4, 0.5) is 5.69 Å². The highest BCUT2D eigenvalue weighted by Gasteiger charge is 2.65. The number of fused-ring (bicyclic) bond motifs is 1. The standard InChI is InChI=1S/C24H25N3O5/c1-7-31-21(28)18-13(3)32-20(26)17(11-25)24(18)16-9-14(30-6)8-15-12(2)10-23(4,5)27(19(15)16)22(24)29/h8-10H,7,26H2,1-6H3/t24-/m0/s1. The second-order valence-electron chi connectivity index (χ2n) is 8.55. The number of carbonyl (C=O) groups excluding carboxylic acids is 2. The molecule has 8 nitrogen and oxygen atoms in total. The van der Waals surface area contributed by atoms with Crippen LogP contribution in [0.15, 0.2) is 41.0 Å². The monoisotopic (exact) mass is 435 g/mol. The molecule has 1 spiro atoms. The van der Waals surface area contributed by atoms with E-state index in [1.807, 2.05) is 39.0 Å². The Morgan fingerprint density at radius 1 is 1.31 bits per heavy atom. The van der Waals surface area contributed by atoms with E-state index in [-0.39, 0.29) is 29.4 Å². The molecular formula is C24H25N3O5. The molecule has 0 aromatic heterocycles. The Hall–Kier alpha value is -3.73. The van der Waals surface area contributed by atoms with Crippen LogP contribution in [0.5, 0.6) is 5.75 Å². The third-order valence-electron chi connectivity index (χ3n) is 6.24. The molecule has 3 aliphatic heterocycles. The van der Waals surface area contributed by atoms with E-state index in [2.05, 4.69) is 0 Å². The van der Waals surface area contributed by atoms with Crippen LogP contribution in [0, 0.1) is 11.3 Å². The van der Waals surface area contributed by atoms with E-state index in [0.717, 1.165) is 11.1 Å². The molecule has 1 amide bonds. The minimum absolute atomic E-state index is 0.0478. The summed E-state index contributed by atoms with van der Waals surface area (Å²) < 4.78 is 16.4. The Labute approximate surface area is 186 Å². The lowest BCUT2D eigenvalue weighted by Crippen LogP contribution is -2.54. The van der Waals surface area contributed by atoms with E-state index in [0.29, 0.717) is 17.0 Å².